The van der Waals surface area contributed by atoms with Crippen molar-refractivity contribution >= 4 is 17.5 Å². The second-order valence-corrected chi connectivity index (χ2v) is 6.06. The minimum atomic E-state index is -0.0730. The summed E-state index contributed by atoms with van der Waals surface area (Å²) < 4.78 is 0. The molecular formula is C17H24ClNO. The highest BCUT2D eigenvalue weighted by Crippen LogP contribution is 2.25. The standard InChI is InChI=1S/C17H24ClNO/c18-13-16(15-10-6-3-7-11-15)19-17(20)12-14-8-4-1-2-5-9-14/h3,6-7,10-11,14,16H,1-2,4-5,8-9,12-13H2,(H,19,20). The van der Waals surface area contributed by atoms with Gasteiger partial charge in [0.15, 0.2) is 0 Å². The molecule has 1 N–H and O–H groups in total. The SMILES string of the molecule is O=C(CC1CCCCCC1)NC(CCl)c1ccccc1. The average Bonchev–Trinajstić information content (AvgIpc) is 2.74. The zero-order chi connectivity index (χ0) is 14.2. The lowest BCUT2D eigenvalue weighted by Gasteiger charge is -2.19. The van der Waals surface area contributed by atoms with Crippen LogP contribution in [-0.2, 0) is 4.79 Å². The predicted molar refractivity (Wildman–Crippen MR) is 83.9 cm³/mol. The molecule has 0 radical (unpaired) electrons. The second kappa shape index (κ2) is 8.31. The Labute approximate surface area is 126 Å². The average molecular weight is 294 g/mol. The molecule has 2 nitrogen and oxygen atoms in total. The van der Waals surface area contributed by atoms with Crippen molar-refractivity contribution in [3.63, 3.8) is 0 Å². The van der Waals surface area contributed by atoms with Crippen LogP contribution in [0, 0.1) is 5.92 Å². The van der Waals surface area contributed by atoms with E-state index in [9.17, 15) is 4.79 Å². The number of amides is 1. The number of alkyl halides is 1. The maximum atomic E-state index is 12.2. The van der Waals surface area contributed by atoms with Gasteiger partial charge in [0.2, 0.25) is 5.91 Å². The normalized spacial score (nSPS) is 18.2. The Balaban J connectivity index is 1.86. The van der Waals surface area contributed by atoms with Gasteiger partial charge in [-0.3, -0.25) is 4.79 Å². The highest BCUT2D eigenvalue weighted by Gasteiger charge is 2.18. The molecule has 110 valence electrons. The van der Waals surface area contributed by atoms with Crippen LogP contribution in [0.15, 0.2) is 30.3 Å². The van der Waals surface area contributed by atoms with Crippen molar-refractivity contribution < 1.29 is 4.79 Å². The van der Waals surface area contributed by atoms with Crippen molar-refractivity contribution in [2.24, 2.45) is 5.92 Å². The van der Waals surface area contributed by atoms with Crippen LogP contribution in [0.1, 0.15) is 56.6 Å². The molecule has 1 unspecified atom stereocenters. The van der Waals surface area contributed by atoms with Crippen molar-refractivity contribution in [1.82, 2.24) is 5.32 Å². The van der Waals surface area contributed by atoms with E-state index in [1.165, 1.54) is 38.5 Å². The Hall–Kier alpha value is -1.02. The third kappa shape index (κ3) is 4.82. The van der Waals surface area contributed by atoms with E-state index in [-0.39, 0.29) is 11.9 Å². The molecule has 0 aromatic heterocycles. The Kier molecular flexibility index (Phi) is 6.38. The van der Waals surface area contributed by atoms with Gasteiger partial charge in [0, 0.05) is 12.3 Å². The Morgan fingerprint density at radius 2 is 1.80 bits per heavy atom. The van der Waals surface area contributed by atoms with Gasteiger partial charge in [-0.25, -0.2) is 0 Å². The van der Waals surface area contributed by atoms with Gasteiger partial charge in [-0.2, -0.15) is 0 Å². The first-order chi connectivity index (χ1) is 9.79. The predicted octanol–water partition coefficient (Wildman–Crippen LogP) is 4.44. The summed E-state index contributed by atoms with van der Waals surface area (Å²) >= 11 is 6.00. The molecule has 1 aliphatic carbocycles. The van der Waals surface area contributed by atoms with E-state index in [4.69, 9.17) is 11.6 Å². The van der Waals surface area contributed by atoms with E-state index in [1.54, 1.807) is 0 Å². The largest absolute Gasteiger partial charge is 0.348 e. The number of carbonyl (C=O) groups excluding carboxylic acids is 1. The molecule has 0 heterocycles. The van der Waals surface area contributed by atoms with Crippen LogP contribution in [0.2, 0.25) is 0 Å². The molecule has 1 amide bonds. The molecule has 2 rings (SSSR count). The summed E-state index contributed by atoms with van der Waals surface area (Å²) in [6.45, 7) is 0. The molecule has 0 spiro atoms. The van der Waals surface area contributed by atoms with Crippen molar-refractivity contribution in [3.05, 3.63) is 35.9 Å². The molecule has 1 fully saturated rings. The summed E-state index contributed by atoms with van der Waals surface area (Å²) in [5.74, 6) is 1.12. The quantitative estimate of drug-likeness (QED) is 0.631. The summed E-state index contributed by atoms with van der Waals surface area (Å²) in [6.07, 6.45) is 8.25. The highest BCUT2D eigenvalue weighted by atomic mass is 35.5. The van der Waals surface area contributed by atoms with Gasteiger partial charge >= 0.3 is 0 Å². The summed E-state index contributed by atoms with van der Waals surface area (Å²) in [6, 6.07) is 9.88. The fourth-order valence-corrected chi connectivity index (χ4v) is 3.24. The Bertz CT molecular complexity index is 399. The molecule has 1 atom stereocenters. The lowest BCUT2D eigenvalue weighted by molar-refractivity contribution is -0.122. The number of hydrogen-bond donors (Lipinski definition) is 1. The minimum Gasteiger partial charge on any atom is -0.348 e. The molecule has 0 saturated heterocycles. The number of halogens is 1. The molecule has 0 bridgehead atoms. The van der Waals surface area contributed by atoms with Gasteiger partial charge in [-0.05, 0) is 24.3 Å². The lowest BCUT2D eigenvalue weighted by atomic mass is 9.96. The Morgan fingerprint density at radius 1 is 1.15 bits per heavy atom. The number of carbonyl (C=O) groups is 1. The van der Waals surface area contributed by atoms with Gasteiger partial charge in [0.25, 0.3) is 0 Å². The number of nitrogens with one attached hydrogen (secondary N) is 1. The van der Waals surface area contributed by atoms with Gasteiger partial charge in [0.1, 0.15) is 0 Å². The van der Waals surface area contributed by atoms with Crippen molar-refractivity contribution in [1.29, 1.82) is 0 Å². The van der Waals surface area contributed by atoms with Crippen molar-refractivity contribution in [2.45, 2.75) is 51.0 Å². The summed E-state index contributed by atoms with van der Waals surface area (Å²) in [5, 5.41) is 3.08. The number of benzene rings is 1. The van der Waals surface area contributed by atoms with Crippen LogP contribution in [0.3, 0.4) is 0 Å². The van der Waals surface area contributed by atoms with Crippen molar-refractivity contribution in [3.8, 4) is 0 Å². The van der Waals surface area contributed by atoms with E-state index in [0.717, 1.165) is 5.56 Å². The maximum absolute atomic E-state index is 12.2. The molecule has 1 saturated carbocycles. The Morgan fingerprint density at radius 3 is 2.40 bits per heavy atom. The second-order valence-electron chi connectivity index (χ2n) is 5.75. The zero-order valence-corrected chi connectivity index (χ0v) is 12.7. The molecule has 1 aromatic carbocycles. The number of hydrogen-bond acceptors (Lipinski definition) is 1. The highest BCUT2D eigenvalue weighted by molar-refractivity contribution is 6.18. The fourth-order valence-electron chi connectivity index (χ4n) is 2.98. The summed E-state index contributed by atoms with van der Waals surface area (Å²) in [7, 11) is 0. The molecule has 20 heavy (non-hydrogen) atoms. The van der Waals surface area contributed by atoms with E-state index < -0.39 is 0 Å². The molecule has 1 aliphatic rings. The first-order valence-corrected chi connectivity index (χ1v) is 8.23. The monoisotopic (exact) mass is 293 g/mol. The molecular weight excluding hydrogens is 270 g/mol. The maximum Gasteiger partial charge on any atom is 0.220 e. The van der Waals surface area contributed by atoms with Gasteiger partial charge in [0.05, 0.1) is 6.04 Å². The van der Waals surface area contributed by atoms with E-state index in [0.29, 0.717) is 18.2 Å². The first kappa shape index (κ1) is 15.4. The van der Waals surface area contributed by atoms with Crippen LogP contribution in [-0.4, -0.2) is 11.8 Å². The smallest absolute Gasteiger partial charge is 0.220 e. The van der Waals surface area contributed by atoms with Crippen LogP contribution in [0.4, 0.5) is 0 Å². The number of rotatable bonds is 5. The zero-order valence-electron chi connectivity index (χ0n) is 12.0. The van der Waals surface area contributed by atoms with E-state index in [1.807, 2.05) is 30.3 Å². The lowest BCUT2D eigenvalue weighted by Crippen LogP contribution is -2.31. The summed E-state index contributed by atoms with van der Waals surface area (Å²) in [5.41, 5.74) is 1.08. The van der Waals surface area contributed by atoms with Gasteiger partial charge in [-0.15, -0.1) is 11.6 Å². The van der Waals surface area contributed by atoms with Crippen LogP contribution < -0.4 is 5.32 Å². The van der Waals surface area contributed by atoms with E-state index in [2.05, 4.69) is 5.32 Å². The van der Waals surface area contributed by atoms with E-state index >= 15 is 0 Å². The van der Waals surface area contributed by atoms with Crippen LogP contribution in [0.5, 0.6) is 0 Å². The fraction of sp³-hybridized carbons (Fsp3) is 0.588. The first-order valence-electron chi connectivity index (χ1n) is 7.70. The third-order valence-electron chi connectivity index (χ3n) is 4.14. The van der Waals surface area contributed by atoms with Crippen molar-refractivity contribution in [2.75, 3.05) is 5.88 Å². The van der Waals surface area contributed by atoms with Crippen LogP contribution in [0.25, 0.3) is 0 Å². The molecule has 0 aliphatic heterocycles. The minimum absolute atomic E-state index is 0.0730. The third-order valence-corrected chi connectivity index (χ3v) is 4.45. The summed E-state index contributed by atoms with van der Waals surface area (Å²) in [4.78, 5) is 12.2. The molecule has 3 heteroatoms. The van der Waals surface area contributed by atoms with Gasteiger partial charge < -0.3 is 5.32 Å². The van der Waals surface area contributed by atoms with Crippen LogP contribution >= 0.6 is 11.6 Å². The topological polar surface area (TPSA) is 29.1 Å². The molecule has 1 aromatic rings. The van der Waals surface area contributed by atoms with Gasteiger partial charge in [-0.1, -0.05) is 56.0 Å².